The van der Waals surface area contributed by atoms with E-state index >= 15 is 0 Å². The van der Waals surface area contributed by atoms with Crippen LogP contribution in [0.25, 0.3) is 5.65 Å². The zero-order valence-electron chi connectivity index (χ0n) is 16.0. The summed E-state index contributed by atoms with van der Waals surface area (Å²) in [6, 6.07) is 11.3. The van der Waals surface area contributed by atoms with Gasteiger partial charge in [0, 0.05) is 39.2 Å². The van der Waals surface area contributed by atoms with Gasteiger partial charge >= 0.3 is 0 Å². The largest absolute Gasteiger partial charge is 0.394 e. The molecule has 28 heavy (non-hydrogen) atoms. The first kappa shape index (κ1) is 22.3. The van der Waals surface area contributed by atoms with Gasteiger partial charge in [-0.25, -0.2) is 4.98 Å². The molecule has 2 aromatic heterocycles. The molecule has 1 aromatic carbocycles. The Morgan fingerprint density at radius 1 is 1.21 bits per heavy atom. The summed E-state index contributed by atoms with van der Waals surface area (Å²) in [7, 11) is 0. The van der Waals surface area contributed by atoms with Crippen molar-refractivity contribution in [2.75, 3.05) is 17.2 Å². The van der Waals surface area contributed by atoms with Gasteiger partial charge < -0.3 is 27.8 Å². The number of fused-ring (bicyclic) bond motifs is 1. The number of anilines is 2. The molecule has 7 nitrogen and oxygen atoms in total. The van der Waals surface area contributed by atoms with Gasteiger partial charge in [0.05, 0.1) is 18.9 Å². The minimum absolute atomic E-state index is 0. The van der Waals surface area contributed by atoms with E-state index in [1.807, 2.05) is 30.5 Å². The van der Waals surface area contributed by atoms with Crippen LogP contribution in [0.5, 0.6) is 0 Å². The number of nitrogens with zero attached hydrogens (tertiary/aromatic N) is 3. The van der Waals surface area contributed by atoms with Crippen LogP contribution in [0.15, 0.2) is 42.6 Å². The molecule has 150 valence electrons. The maximum absolute atomic E-state index is 9.79. The Balaban J connectivity index is 0.00000280. The molecule has 0 radical (unpaired) electrons. The Hall–Kier alpha value is -1.95. The molecule has 3 aromatic rings. The van der Waals surface area contributed by atoms with E-state index in [1.54, 1.807) is 4.52 Å². The van der Waals surface area contributed by atoms with Crippen molar-refractivity contribution in [3.63, 3.8) is 0 Å². The first-order chi connectivity index (χ1) is 13.0. The molecule has 2 atom stereocenters. The molecule has 0 spiro atoms. The second-order valence-corrected chi connectivity index (χ2v) is 6.86. The molecule has 0 aliphatic rings. The van der Waals surface area contributed by atoms with Crippen molar-refractivity contribution in [1.82, 2.24) is 14.6 Å². The second kappa shape index (κ2) is 10.0. The van der Waals surface area contributed by atoms with E-state index in [2.05, 4.69) is 53.6 Å². The number of aliphatic hydroxyl groups is 2. The number of aromatic nitrogens is 3. The Morgan fingerprint density at radius 3 is 2.57 bits per heavy atom. The zero-order chi connectivity index (χ0) is 19.4. The summed E-state index contributed by atoms with van der Waals surface area (Å²) in [5.41, 5.74) is 2.93. The Bertz CT molecular complexity index is 885. The van der Waals surface area contributed by atoms with Crippen LogP contribution >= 0.6 is 0 Å². The van der Waals surface area contributed by atoms with Crippen molar-refractivity contribution in [2.24, 2.45) is 0 Å². The van der Waals surface area contributed by atoms with Gasteiger partial charge in [0.1, 0.15) is 11.6 Å². The molecule has 0 aliphatic carbocycles. The van der Waals surface area contributed by atoms with Crippen LogP contribution in [-0.4, -0.2) is 43.6 Å². The average Bonchev–Trinajstić information content (AvgIpc) is 3.10. The topological polar surface area (TPSA) is 94.7 Å². The molecule has 0 bridgehead atoms. The Morgan fingerprint density at radius 2 is 1.93 bits per heavy atom. The fourth-order valence-electron chi connectivity index (χ4n) is 2.79. The van der Waals surface area contributed by atoms with Crippen LogP contribution in [-0.2, 0) is 27.6 Å². The minimum Gasteiger partial charge on any atom is -0.394 e. The third-order valence-electron chi connectivity index (χ3n) is 4.42. The van der Waals surface area contributed by atoms with Crippen molar-refractivity contribution < 1.29 is 31.3 Å². The molecule has 2 heterocycles. The van der Waals surface area contributed by atoms with Crippen molar-refractivity contribution in [3.8, 4) is 0 Å². The molecule has 0 fully saturated rings. The van der Waals surface area contributed by atoms with Gasteiger partial charge in [0.2, 0.25) is 0 Å². The monoisotopic (exact) mass is 466 g/mol. The molecule has 0 unspecified atom stereocenters. The van der Waals surface area contributed by atoms with Gasteiger partial charge in [-0.05, 0) is 11.5 Å². The molecule has 4 N–H and O–H groups in total. The van der Waals surface area contributed by atoms with Gasteiger partial charge in [-0.2, -0.15) is 9.61 Å². The van der Waals surface area contributed by atoms with Gasteiger partial charge in [-0.1, -0.05) is 50.2 Å². The van der Waals surface area contributed by atoms with Crippen LogP contribution in [0, 0.1) is 6.92 Å². The Kier molecular flexibility index (Phi) is 7.98. The number of hydrogen-bond acceptors (Lipinski definition) is 6. The molecule has 0 aliphatic heterocycles. The minimum atomic E-state index is -0.974. The molecule has 0 amide bonds. The van der Waals surface area contributed by atoms with E-state index in [9.17, 15) is 5.11 Å². The van der Waals surface area contributed by atoms with Gasteiger partial charge in [-0.3, -0.25) is 0 Å². The van der Waals surface area contributed by atoms with E-state index in [-0.39, 0.29) is 33.6 Å². The summed E-state index contributed by atoms with van der Waals surface area (Å²) in [6.07, 6.45) is 0.854. The first-order valence-electron chi connectivity index (χ1n) is 9.04. The Labute approximate surface area is 179 Å². The fourth-order valence-corrected chi connectivity index (χ4v) is 2.79. The first-order valence-corrected chi connectivity index (χ1v) is 9.04. The van der Waals surface area contributed by atoms with Crippen LogP contribution in [0.3, 0.4) is 0 Å². The summed E-state index contributed by atoms with van der Waals surface area (Å²) >= 11 is 0. The predicted molar refractivity (Wildman–Crippen MR) is 107 cm³/mol. The van der Waals surface area contributed by atoms with E-state index < -0.39 is 12.1 Å². The summed E-state index contributed by atoms with van der Waals surface area (Å²) < 4.78 is 1.78. The van der Waals surface area contributed by atoms with E-state index in [1.165, 1.54) is 0 Å². The van der Waals surface area contributed by atoms with Gasteiger partial charge in [0.15, 0.2) is 5.65 Å². The zero-order valence-corrected chi connectivity index (χ0v) is 18.0. The molecular formula is C20H26MoN5O2-. The predicted octanol–water partition coefficient (Wildman–Crippen LogP) is 2.43. The van der Waals surface area contributed by atoms with Crippen molar-refractivity contribution >= 4 is 17.3 Å². The number of nitrogens with one attached hydrogen (secondary N) is 2. The SMILES string of the molecule is [CH2-][C@H](Nc1cc(NCc2ccccc2)n2ncc(C(C)C)c2n1)[C@@H](O)CO.[Mo]. The van der Waals surface area contributed by atoms with Crippen molar-refractivity contribution in [3.05, 3.63) is 60.6 Å². The van der Waals surface area contributed by atoms with Crippen LogP contribution < -0.4 is 10.6 Å². The molecule has 0 saturated carbocycles. The number of aliphatic hydroxyl groups excluding tert-OH is 2. The van der Waals surface area contributed by atoms with E-state index in [0.717, 1.165) is 22.6 Å². The van der Waals surface area contributed by atoms with Crippen LogP contribution in [0.2, 0.25) is 0 Å². The number of hydrogen-bond donors (Lipinski definition) is 4. The fraction of sp³-hybridized carbons (Fsp3) is 0.350. The molecular weight excluding hydrogens is 438 g/mol. The third kappa shape index (κ3) is 5.10. The number of rotatable bonds is 8. The van der Waals surface area contributed by atoms with Crippen molar-refractivity contribution in [2.45, 2.75) is 38.5 Å². The standard InChI is InChI=1S/C20H26N5O2.Mo/c1-13(2)16-11-22-25-19(21-10-15-7-5-4-6-8-15)9-18(24-20(16)25)23-14(3)17(27)12-26;/h4-9,11,13-14,17,21,26-27H,3,10,12H2,1-2H3,(H,23,24);/q-1;/t14-,17-;/m0./s1. The molecule has 3 rings (SSSR count). The summed E-state index contributed by atoms with van der Waals surface area (Å²) in [5.74, 6) is 1.61. The quantitative estimate of drug-likeness (QED) is 0.302. The van der Waals surface area contributed by atoms with Crippen LogP contribution in [0.1, 0.15) is 30.9 Å². The average molecular weight is 464 g/mol. The van der Waals surface area contributed by atoms with Crippen LogP contribution in [0.4, 0.5) is 11.6 Å². The van der Waals surface area contributed by atoms with E-state index in [4.69, 9.17) is 5.11 Å². The summed E-state index contributed by atoms with van der Waals surface area (Å²) in [5, 5.41) is 29.9. The number of benzene rings is 1. The normalized spacial score (nSPS) is 13.2. The molecule has 8 heteroatoms. The smallest absolute Gasteiger partial charge is 0.163 e. The second-order valence-electron chi connectivity index (χ2n) is 6.86. The maximum atomic E-state index is 9.79. The maximum Gasteiger partial charge on any atom is 0.163 e. The van der Waals surface area contributed by atoms with E-state index in [0.29, 0.717) is 12.4 Å². The molecule has 0 saturated heterocycles. The van der Waals surface area contributed by atoms with Gasteiger partial charge in [-0.15, -0.1) is 0 Å². The summed E-state index contributed by atoms with van der Waals surface area (Å²) in [6.45, 7) is 8.31. The third-order valence-corrected chi connectivity index (χ3v) is 4.42. The summed E-state index contributed by atoms with van der Waals surface area (Å²) in [4.78, 5) is 4.65. The van der Waals surface area contributed by atoms with Crippen molar-refractivity contribution in [1.29, 1.82) is 0 Å². The van der Waals surface area contributed by atoms with Gasteiger partial charge in [0.25, 0.3) is 0 Å².